The zero-order valence-electron chi connectivity index (χ0n) is 8.85. The summed E-state index contributed by atoms with van der Waals surface area (Å²) in [6.45, 7) is 0.695. The van der Waals surface area contributed by atoms with Gasteiger partial charge in [0.2, 0.25) is 0 Å². The summed E-state index contributed by atoms with van der Waals surface area (Å²) in [7, 11) is 0. The molecule has 2 rings (SSSR count). The summed E-state index contributed by atoms with van der Waals surface area (Å²) in [5.41, 5.74) is 0.311. The van der Waals surface area contributed by atoms with E-state index in [2.05, 4.69) is 31.4 Å². The largest absolute Gasteiger partial charge is 0.454 e. The first kappa shape index (κ1) is 11.6. The van der Waals surface area contributed by atoms with Gasteiger partial charge in [-0.2, -0.15) is 5.26 Å². The van der Waals surface area contributed by atoms with E-state index in [1.807, 2.05) is 18.2 Å². The molecule has 2 aromatic heterocycles. The van der Waals surface area contributed by atoms with Gasteiger partial charge in [-0.1, -0.05) is 0 Å². The first-order chi connectivity index (χ1) is 8.28. The number of nitriles is 1. The van der Waals surface area contributed by atoms with E-state index in [9.17, 15) is 0 Å². The van der Waals surface area contributed by atoms with Crippen LogP contribution in [0.2, 0.25) is 0 Å². The van der Waals surface area contributed by atoms with Crippen molar-refractivity contribution in [2.45, 2.75) is 6.42 Å². The van der Waals surface area contributed by atoms with E-state index in [0.717, 1.165) is 16.9 Å². The molecule has 0 unspecified atom stereocenters. The second kappa shape index (κ2) is 5.46. The molecule has 0 spiro atoms. The molecule has 0 amide bonds. The topological polar surface area (TPSA) is 74.7 Å². The second-order valence-corrected chi connectivity index (χ2v) is 4.08. The first-order valence-corrected chi connectivity index (χ1v) is 5.79. The molecular weight excluding hydrogens is 284 g/mol. The van der Waals surface area contributed by atoms with E-state index in [-0.39, 0.29) is 0 Å². The second-order valence-electron chi connectivity index (χ2n) is 3.30. The lowest BCUT2D eigenvalue weighted by atomic mass is 10.3. The van der Waals surface area contributed by atoms with Gasteiger partial charge in [0, 0.05) is 13.0 Å². The summed E-state index contributed by atoms with van der Waals surface area (Å²) in [5, 5.41) is 19.2. The Hall–Kier alpha value is -1.87. The van der Waals surface area contributed by atoms with Crippen molar-refractivity contribution in [2.24, 2.45) is 0 Å². The minimum absolute atomic E-state index is 0.311. The van der Waals surface area contributed by atoms with Gasteiger partial charge in [0.1, 0.15) is 17.6 Å². The van der Waals surface area contributed by atoms with Crippen LogP contribution >= 0.6 is 15.9 Å². The van der Waals surface area contributed by atoms with Crippen LogP contribution in [0, 0.1) is 11.3 Å². The molecule has 0 aliphatic heterocycles. The fraction of sp³-hybridized carbons (Fsp3) is 0.182. The summed E-state index contributed by atoms with van der Waals surface area (Å²) in [6, 6.07) is 9.04. The summed E-state index contributed by atoms with van der Waals surface area (Å²) < 4.78 is 6.08. The molecule has 0 aliphatic carbocycles. The summed E-state index contributed by atoms with van der Waals surface area (Å²) in [6.07, 6.45) is 0.757. The average Bonchev–Trinajstić information content (AvgIpc) is 2.76. The Morgan fingerprint density at radius 3 is 2.76 bits per heavy atom. The predicted octanol–water partition coefficient (Wildman–Crippen LogP) is 2.36. The molecule has 0 aromatic carbocycles. The number of nitrogens with one attached hydrogen (secondary N) is 1. The molecule has 0 saturated heterocycles. The van der Waals surface area contributed by atoms with Crippen molar-refractivity contribution in [1.29, 1.82) is 5.26 Å². The van der Waals surface area contributed by atoms with E-state index >= 15 is 0 Å². The summed E-state index contributed by atoms with van der Waals surface area (Å²) >= 11 is 3.24. The molecule has 0 radical (unpaired) electrons. The van der Waals surface area contributed by atoms with Crippen LogP contribution in [0.25, 0.3) is 0 Å². The Labute approximate surface area is 107 Å². The van der Waals surface area contributed by atoms with Gasteiger partial charge >= 0.3 is 0 Å². The normalized spacial score (nSPS) is 9.88. The van der Waals surface area contributed by atoms with Gasteiger partial charge in [-0.15, -0.1) is 10.2 Å². The molecule has 2 aromatic rings. The third-order valence-electron chi connectivity index (χ3n) is 2.09. The molecule has 0 atom stereocenters. The Morgan fingerprint density at radius 2 is 2.18 bits per heavy atom. The van der Waals surface area contributed by atoms with Gasteiger partial charge in [0.05, 0.1) is 0 Å². The van der Waals surface area contributed by atoms with Crippen molar-refractivity contribution in [3.05, 3.63) is 40.4 Å². The van der Waals surface area contributed by atoms with Gasteiger partial charge in [-0.25, -0.2) is 0 Å². The standard InChI is InChI=1S/C11H9BrN4O/c12-10-3-2-9(17-10)5-6-14-11-4-1-8(7-13)15-16-11/h1-4H,5-6H2,(H,14,16). The smallest absolute Gasteiger partial charge is 0.169 e. The van der Waals surface area contributed by atoms with Crippen LogP contribution in [0.3, 0.4) is 0 Å². The van der Waals surface area contributed by atoms with Gasteiger partial charge < -0.3 is 9.73 Å². The minimum atomic E-state index is 0.311. The number of furan rings is 1. The van der Waals surface area contributed by atoms with Gasteiger partial charge in [0.25, 0.3) is 0 Å². The third kappa shape index (κ3) is 3.29. The van der Waals surface area contributed by atoms with E-state index in [1.54, 1.807) is 12.1 Å². The van der Waals surface area contributed by atoms with Crippen LogP contribution in [0.4, 0.5) is 5.82 Å². The molecule has 6 heteroatoms. The monoisotopic (exact) mass is 292 g/mol. The number of hydrogen-bond donors (Lipinski definition) is 1. The van der Waals surface area contributed by atoms with E-state index in [1.165, 1.54) is 0 Å². The maximum absolute atomic E-state index is 8.57. The lowest BCUT2D eigenvalue weighted by molar-refractivity contribution is 0.491. The zero-order valence-corrected chi connectivity index (χ0v) is 10.4. The summed E-state index contributed by atoms with van der Waals surface area (Å²) in [4.78, 5) is 0. The highest BCUT2D eigenvalue weighted by atomic mass is 79.9. The van der Waals surface area contributed by atoms with Gasteiger partial charge in [0.15, 0.2) is 10.4 Å². The number of hydrogen-bond acceptors (Lipinski definition) is 5. The van der Waals surface area contributed by atoms with Crippen LogP contribution in [-0.2, 0) is 6.42 Å². The lowest BCUT2D eigenvalue weighted by Gasteiger charge is -2.02. The first-order valence-electron chi connectivity index (χ1n) is 5.00. The Balaban J connectivity index is 1.84. The van der Waals surface area contributed by atoms with Crippen LogP contribution in [0.15, 0.2) is 33.4 Å². The van der Waals surface area contributed by atoms with E-state index in [0.29, 0.717) is 18.1 Å². The van der Waals surface area contributed by atoms with Crippen molar-refractivity contribution < 1.29 is 4.42 Å². The van der Waals surface area contributed by atoms with Crippen molar-refractivity contribution >= 4 is 21.7 Å². The van der Waals surface area contributed by atoms with Crippen LogP contribution in [0.5, 0.6) is 0 Å². The highest BCUT2D eigenvalue weighted by Gasteiger charge is 2.00. The van der Waals surface area contributed by atoms with Crippen molar-refractivity contribution in [3.8, 4) is 6.07 Å². The van der Waals surface area contributed by atoms with Crippen molar-refractivity contribution in [3.63, 3.8) is 0 Å². The molecule has 0 saturated carbocycles. The lowest BCUT2D eigenvalue weighted by Crippen LogP contribution is -2.06. The average molecular weight is 293 g/mol. The van der Waals surface area contributed by atoms with Crippen LogP contribution in [0.1, 0.15) is 11.5 Å². The van der Waals surface area contributed by atoms with Gasteiger partial charge in [-0.05, 0) is 40.2 Å². The molecule has 17 heavy (non-hydrogen) atoms. The molecule has 5 nitrogen and oxygen atoms in total. The maximum Gasteiger partial charge on any atom is 0.169 e. The van der Waals surface area contributed by atoms with Crippen LogP contribution in [-0.4, -0.2) is 16.7 Å². The number of nitrogens with zero attached hydrogens (tertiary/aromatic N) is 3. The predicted molar refractivity (Wildman–Crippen MR) is 65.3 cm³/mol. The molecule has 0 bridgehead atoms. The number of rotatable bonds is 4. The maximum atomic E-state index is 8.57. The molecule has 86 valence electrons. The fourth-order valence-electron chi connectivity index (χ4n) is 1.29. The number of halogens is 1. The Kier molecular flexibility index (Phi) is 3.73. The Morgan fingerprint density at radius 1 is 1.29 bits per heavy atom. The van der Waals surface area contributed by atoms with Gasteiger partial charge in [-0.3, -0.25) is 0 Å². The Bertz CT molecular complexity index is 529. The van der Waals surface area contributed by atoms with E-state index < -0.39 is 0 Å². The summed E-state index contributed by atoms with van der Waals surface area (Å²) in [5.74, 6) is 1.54. The van der Waals surface area contributed by atoms with Crippen molar-refractivity contribution in [1.82, 2.24) is 10.2 Å². The quantitative estimate of drug-likeness (QED) is 0.936. The van der Waals surface area contributed by atoms with Crippen molar-refractivity contribution in [2.75, 3.05) is 11.9 Å². The number of aromatic nitrogens is 2. The van der Waals surface area contributed by atoms with E-state index in [4.69, 9.17) is 9.68 Å². The SMILES string of the molecule is N#Cc1ccc(NCCc2ccc(Br)o2)nn1. The highest BCUT2D eigenvalue weighted by Crippen LogP contribution is 2.14. The highest BCUT2D eigenvalue weighted by molar-refractivity contribution is 9.10. The molecule has 0 fully saturated rings. The van der Waals surface area contributed by atoms with Crippen LogP contribution < -0.4 is 5.32 Å². The zero-order chi connectivity index (χ0) is 12.1. The number of anilines is 1. The molecule has 2 heterocycles. The third-order valence-corrected chi connectivity index (χ3v) is 2.51. The molecule has 1 N–H and O–H groups in total. The fourth-order valence-corrected chi connectivity index (χ4v) is 1.63. The molecule has 0 aliphatic rings. The molecular formula is C11H9BrN4O. The minimum Gasteiger partial charge on any atom is -0.454 e.